The number of aromatic nitrogens is 2. The van der Waals surface area contributed by atoms with Gasteiger partial charge in [-0.3, -0.25) is 9.59 Å². The van der Waals surface area contributed by atoms with Crippen LogP contribution in [0.2, 0.25) is 0 Å². The van der Waals surface area contributed by atoms with Crippen LogP contribution in [-0.2, 0) is 11.2 Å². The molecule has 0 bridgehead atoms. The van der Waals surface area contributed by atoms with Crippen molar-refractivity contribution in [3.05, 3.63) is 77.9 Å². The molecule has 0 atom stereocenters. The van der Waals surface area contributed by atoms with E-state index >= 15 is 0 Å². The van der Waals surface area contributed by atoms with Crippen molar-refractivity contribution in [2.45, 2.75) is 6.42 Å². The highest BCUT2D eigenvalue weighted by atomic mass is 35.5. The second-order valence-electron chi connectivity index (χ2n) is 6.09. The van der Waals surface area contributed by atoms with Crippen molar-refractivity contribution in [3.8, 4) is 11.4 Å². The molecule has 0 aliphatic rings. The van der Waals surface area contributed by atoms with Gasteiger partial charge in [0.2, 0.25) is 5.91 Å². The Balaban J connectivity index is 1.88. The Morgan fingerprint density at radius 3 is 2.48 bits per heavy atom. The largest absolute Gasteiger partial charge is 0.355 e. The molecule has 0 saturated heterocycles. The standard InChI is InChI=1S/C21H18ClFN4O2/c22-12-19(28)24-11-10-17-15(21(29)27-18-9-5-4-8-16(18)23)13-25-20(26-17)14-6-2-1-3-7-14/h1-9,13H,10-12H2,(H,24,28)(H,27,29). The number of halogens is 2. The number of amides is 2. The van der Waals surface area contributed by atoms with E-state index in [1.807, 2.05) is 30.3 Å². The molecule has 2 aromatic carbocycles. The topological polar surface area (TPSA) is 84.0 Å². The number of rotatable bonds is 7. The number of hydrogen-bond acceptors (Lipinski definition) is 4. The molecule has 2 amide bonds. The number of para-hydroxylation sites is 1. The highest BCUT2D eigenvalue weighted by Crippen LogP contribution is 2.19. The number of carbonyl (C=O) groups is 2. The molecular weight excluding hydrogens is 395 g/mol. The molecule has 0 radical (unpaired) electrons. The van der Waals surface area contributed by atoms with Crippen molar-refractivity contribution in [1.82, 2.24) is 15.3 Å². The van der Waals surface area contributed by atoms with E-state index < -0.39 is 11.7 Å². The maximum Gasteiger partial charge on any atom is 0.259 e. The van der Waals surface area contributed by atoms with E-state index in [-0.39, 0.29) is 36.0 Å². The number of carbonyl (C=O) groups excluding carboxylic acids is 2. The summed E-state index contributed by atoms with van der Waals surface area (Å²) in [7, 11) is 0. The van der Waals surface area contributed by atoms with Crippen LogP contribution in [0.25, 0.3) is 11.4 Å². The first-order valence-electron chi connectivity index (χ1n) is 8.88. The van der Waals surface area contributed by atoms with Gasteiger partial charge in [0.25, 0.3) is 5.91 Å². The molecule has 0 aliphatic heterocycles. The predicted molar refractivity (Wildman–Crippen MR) is 109 cm³/mol. The summed E-state index contributed by atoms with van der Waals surface area (Å²) in [6, 6.07) is 15.2. The zero-order chi connectivity index (χ0) is 20.6. The lowest BCUT2D eigenvalue weighted by Gasteiger charge is -2.12. The highest BCUT2D eigenvalue weighted by Gasteiger charge is 2.17. The number of nitrogens with one attached hydrogen (secondary N) is 2. The Morgan fingerprint density at radius 1 is 1.03 bits per heavy atom. The van der Waals surface area contributed by atoms with Gasteiger partial charge in [-0.15, -0.1) is 11.6 Å². The number of hydrogen-bond donors (Lipinski definition) is 2. The zero-order valence-electron chi connectivity index (χ0n) is 15.4. The molecule has 29 heavy (non-hydrogen) atoms. The highest BCUT2D eigenvalue weighted by molar-refractivity contribution is 6.27. The molecule has 3 aromatic rings. The third-order valence-electron chi connectivity index (χ3n) is 4.07. The number of anilines is 1. The zero-order valence-corrected chi connectivity index (χ0v) is 16.1. The fourth-order valence-electron chi connectivity index (χ4n) is 2.64. The van der Waals surface area contributed by atoms with Gasteiger partial charge in [0.1, 0.15) is 11.7 Å². The molecule has 6 nitrogen and oxygen atoms in total. The Hall–Kier alpha value is -3.32. The first-order valence-corrected chi connectivity index (χ1v) is 9.42. The quantitative estimate of drug-likeness (QED) is 0.582. The normalized spacial score (nSPS) is 10.4. The molecule has 0 spiro atoms. The Kier molecular flexibility index (Phi) is 6.86. The number of benzene rings is 2. The molecule has 1 aromatic heterocycles. The minimum Gasteiger partial charge on any atom is -0.355 e. The third kappa shape index (κ3) is 5.36. The van der Waals surface area contributed by atoms with Crippen LogP contribution in [-0.4, -0.2) is 34.2 Å². The van der Waals surface area contributed by atoms with E-state index in [4.69, 9.17) is 11.6 Å². The minimum atomic E-state index is -0.543. The Bertz CT molecular complexity index is 1010. The van der Waals surface area contributed by atoms with Crippen LogP contribution in [0.3, 0.4) is 0 Å². The SMILES string of the molecule is O=C(CCl)NCCc1nc(-c2ccccc2)ncc1C(=O)Nc1ccccc1F. The summed E-state index contributed by atoms with van der Waals surface area (Å²) in [6.07, 6.45) is 1.69. The first-order chi connectivity index (χ1) is 14.1. The minimum absolute atomic E-state index is 0.0611. The van der Waals surface area contributed by atoms with E-state index in [2.05, 4.69) is 20.6 Å². The fraction of sp³-hybridized carbons (Fsp3) is 0.143. The lowest BCUT2D eigenvalue weighted by atomic mass is 10.1. The molecule has 3 rings (SSSR count). The van der Waals surface area contributed by atoms with Crippen LogP contribution >= 0.6 is 11.6 Å². The Morgan fingerprint density at radius 2 is 1.76 bits per heavy atom. The average molecular weight is 413 g/mol. The van der Waals surface area contributed by atoms with Crippen LogP contribution in [0.5, 0.6) is 0 Å². The molecule has 148 valence electrons. The van der Waals surface area contributed by atoms with Gasteiger partial charge in [0.05, 0.1) is 16.9 Å². The molecule has 1 heterocycles. The number of nitrogens with zero attached hydrogens (tertiary/aromatic N) is 2. The van der Waals surface area contributed by atoms with Crippen molar-refractivity contribution in [1.29, 1.82) is 0 Å². The van der Waals surface area contributed by atoms with E-state index in [1.165, 1.54) is 24.4 Å². The van der Waals surface area contributed by atoms with Crippen molar-refractivity contribution >= 4 is 29.1 Å². The van der Waals surface area contributed by atoms with Gasteiger partial charge >= 0.3 is 0 Å². The van der Waals surface area contributed by atoms with Crippen LogP contribution in [0.1, 0.15) is 16.1 Å². The van der Waals surface area contributed by atoms with Gasteiger partial charge in [-0.25, -0.2) is 14.4 Å². The summed E-state index contributed by atoms with van der Waals surface area (Å²) >= 11 is 5.49. The molecule has 8 heteroatoms. The Labute approximate surface area is 172 Å². The third-order valence-corrected chi connectivity index (χ3v) is 4.31. The van der Waals surface area contributed by atoms with Gasteiger partial charge < -0.3 is 10.6 Å². The van der Waals surface area contributed by atoms with Gasteiger partial charge in [-0.2, -0.15) is 0 Å². The summed E-state index contributed by atoms with van der Waals surface area (Å²) in [5, 5.41) is 5.18. The summed E-state index contributed by atoms with van der Waals surface area (Å²) in [4.78, 5) is 32.9. The maximum absolute atomic E-state index is 13.9. The van der Waals surface area contributed by atoms with Crippen molar-refractivity contribution < 1.29 is 14.0 Å². The molecule has 0 aliphatic carbocycles. The van der Waals surface area contributed by atoms with Crippen molar-refractivity contribution in [2.75, 3.05) is 17.7 Å². The second-order valence-corrected chi connectivity index (χ2v) is 6.35. The van der Waals surface area contributed by atoms with Crippen molar-refractivity contribution in [2.24, 2.45) is 0 Å². The van der Waals surface area contributed by atoms with Gasteiger partial charge in [-0.1, -0.05) is 42.5 Å². The number of alkyl halides is 1. The smallest absolute Gasteiger partial charge is 0.259 e. The lowest BCUT2D eigenvalue weighted by molar-refractivity contribution is -0.118. The molecule has 0 fully saturated rings. The van der Waals surface area contributed by atoms with E-state index in [0.717, 1.165) is 5.56 Å². The average Bonchev–Trinajstić information content (AvgIpc) is 2.75. The first kappa shape index (κ1) is 20.4. The van der Waals surface area contributed by atoms with Crippen LogP contribution in [0.15, 0.2) is 60.8 Å². The van der Waals surface area contributed by atoms with E-state index in [9.17, 15) is 14.0 Å². The maximum atomic E-state index is 13.9. The lowest BCUT2D eigenvalue weighted by Crippen LogP contribution is -2.27. The van der Waals surface area contributed by atoms with E-state index in [0.29, 0.717) is 11.5 Å². The molecule has 2 N–H and O–H groups in total. The van der Waals surface area contributed by atoms with Gasteiger partial charge in [0, 0.05) is 24.7 Å². The second kappa shape index (κ2) is 9.75. The van der Waals surface area contributed by atoms with Gasteiger partial charge in [-0.05, 0) is 12.1 Å². The summed E-state index contributed by atoms with van der Waals surface area (Å²) in [6.45, 7) is 0.247. The molecule has 0 unspecified atom stereocenters. The molecular formula is C21H18ClFN4O2. The summed E-state index contributed by atoms with van der Waals surface area (Å²) in [5.74, 6) is -1.10. The van der Waals surface area contributed by atoms with E-state index in [1.54, 1.807) is 6.07 Å². The van der Waals surface area contributed by atoms with Crippen LogP contribution in [0, 0.1) is 5.82 Å². The van der Waals surface area contributed by atoms with Crippen LogP contribution < -0.4 is 10.6 Å². The summed E-state index contributed by atoms with van der Waals surface area (Å²) in [5.41, 5.74) is 1.49. The molecule has 0 saturated carbocycles. The van der Waals surface area contributed by atoms with Gasteiger partial charge in [0.15, 0.2) is 5.82 Å². The monoisotopic (exact) mass is 412 g/mol. The fourth-order valence-corrected chi connectivity index (χ4v) is 2.74. The summed E-state index contributed by atoms with van der Waals surface area (Å²) < 4.78 is 13.9. The van der Waals surface area contributed by atoms with Crippen LogP contribution in [0.4, 0.5) is 10.1 Å². The predicted octanol–water partition coefficient (Wildman–Crippen LogP) is 3.43. The van der Waals surface area contributed by atoms with Crippen molar-refractivity contribution in [3.63, 3.8) is 0 Å².